The summed E-state index contributed by atoms with van der Waals surface area (Å²) in [5, 5.41) is 5.21. The molecule has 2 aliphatic carbocycles. The quantitative estimate of drug-likeness (QED) is 0.733. The molecular formula is C19H22Cl2N2O. The van der Waals surface area contributed by atoms with E-state index in [2.05, 4.69) is 31.1 Å². The number of halogens is 2. The molecule has 2 bridgehead atoms. The zero-order chi connectivity index (χ0) is 17.3. The van der Waals surface area contributed by atoms with Gasteiger partial charge in [-0.1, -0.05) is 44.0 Å². The summed E-state index contributed by atoms with van der Waals surface area (Å²) in [5.74, 6) is 0.636. The van der Waals surface area contributed by atoms with Crippen molar-refractivity contribution in [1.82, 2.24) is 10.3 Å². The van der Waals surface area contributed by atoms with Crippen LogP contribution in [0.25, 0.3) is 10.9 Å². The third-order valence-corrected chi connectivity index (χ3v) is 7.53. The fourth-order valence-electron chi connectivity index (χ4n) is 4.94. The lowest BCUT2D eigenvalue weighted by atomic mass is 9.69. The van der Waals surface area contributed by atoms with Gasteiger partial charge in [0.15, 0.2) is 0 Å². The van der Waals surface area contributed by atoms with E-state index in [-0.39, 0.29) is 22.8 Å². The number of aromatic nitrogens is 1. The highest BCUT2D eigenvalue weighted by molar-refractivity contribution is 6.38. The van der Waals surface area contributed by atoms with Gasteiger partial charge in [-0.3, -0.25) is 4.79 Å². The van der Waals surface area contributed by atoms with E-state index in [4.69, 9.17) is 23.2 Å². The molecular weight excluding hydrogens is 343 g/mol. The van der Waals surface area contributed by atoms with Gasteiger partial charge < -0.3 is 10.3 Å². The van der Waals surface area contributed by atoms with E-state index < -0.39 is 0 Å². The van der Waals surface area contributed by atoms with Crippen LogP contribution in [0, 0.1) is 16.7 Å². The maximum absolute atomic E-state index is 12.8. The van der Waals surface area contributed by atoms with E-state index in [9.17, 15) is 4.79 Å². The highest BCUT2D eigenvalue weighted by atomic mass is 35.5. The fourth-order valence-corrected chi connectivity index (χ4v) is 5.49. The summed E-state index contributed by atoms with van der Waals surface area (Å²) in [5.41, 5.74) is 1.78. The lowest BCUT2D eigenvalue weighted by Gasteiger charge is -2.39. The van der Waals surface area contributed by atoms with Crippen molar-refractivity contribution >= 4 is 40.0 Å². The molecule has 5 heteroatoms. The second-order valence-corrected chi connectivity index (χ2v) is 9.01. The van der Waals surface area contributed by atoms with Gasteiger partial charge in [-0.25, -0.2) is 0 Å². The van der Waals surface area contributed by atoms with Gasteiger partial charge in [0.05, 0.1) is 5.02 Å². The molecule has 2 fully saturated rings. The number of H-pyrrole nitrogens is 1. The number of nitrogens with one attached hydrogen (secondary N) is 2. The Balaban J connectivity index is 1.61. The van der Waals surface area contributed by atoms with Gasteiger partial charge in [-0.2, -0.15) is 0 Å². The van der Waals surface area contributed by atoms with Gasteiger partial charge in [0, 0.05) is 22.0 Å². The second-order valence-electron chi connectivity index (χ2n) is 8.17. The van der Waals surface area contributed by atoms with Crippen LogP contribution in [0.15, 0.2) is 18.2 Å². The monoisotopic (exact) mass is 364 g/mol. The normalized spacial score (nSPS) is 30.9. The lowest BCUT2D eigenvalue weighted by Crippen LogP contribution is -2.46. The Morgan fingerprint density at radius 2 is 2.00 bits per heavy atom. The first-order valence-corrected chi connectivity index (χ1v) is 9.26. The molecule has 2 aromatic rings. The molecule has 128 valence electrons. The molecule has 1 aromatic carbocycles. The highest BCUT2D eigenvalue weighted by Crippen LogP contribution is 2.65. The predicted octanol–water partition coefficient (Wildman–Crippen LogP) is 5.42. The molecule has 2 unspecified atom stereocenters. The molecule has 2 saturated carbocycles. The van der Waals surface area contributed by atoms with Gasteiger partial charge in [0.1, 0.15) is 5.69 Å². The largest absolute Gasteiger partial charge is 0.350 e. The SMILES string of the molecule is CC1(C)C2CC[C@@]1(C)C(NC(=O)c1cc3c(Cl)cc(Cl)cc3[nH]1)C2. The molecule has 0 radical (unpaired) electrons. The number of benzene rings is 1. The van der Waals surface area contributed by atoms with Crippen molar-refractivity contribution in [3.05, 3.63) is 33.9 Å². The van der Waals surface area contributed by atoms with Gasteiger partial charge in [-0.15, -0.1) is 0 Å². The molecule has 1 amide bonds. The van der Waals surface area contributed by atoms with Crippen LogP contribution in [0.2, 0.25) is 10.0 Å². The highest BCUT2D eigenvalue weighted by Gasteiger charge is 2.61. The van der Waals surface area contributed by atoms with Crippen LogP contribution in [-0.2, 0) is 0 Å². The van der Waals surface area contributed by atoms with E-state index in [1.807, 2.05) is 6.07 Å². The number of aromatic amines is 1. The zero-order valence-electron chi connectivity index (χ0n) is 14.2. The number of hydrogen-bond acceptors (Lipinski definition) is 1. The number of fused-ring (bicyclic) bond motifs is 3. The fraction of sp³-hybridized carbons (Fsp3) is 0.526. The van der Waals surface area contributed by atoms with Gasteiger partial charge >= 0.3 is 0 Å². The summed E-state index contributed by atoms with van der Waals surface area (Å²) in [6.45, 7) is 7.02. The molecule has 3 atom stereocenters. The average Bonchev–Trinajstić information content (AvgIpc) is 3.07. The molecule has 0 aliphatic heterocycles. The summed E-state index contributed by atoms with van der Waals surface area (Å²) in [6.07, 6.45) is 3.53. The van der Waals surface area contributed by atoms with E-state index in [0.717, 1.165) is 17.3 Å². The summed E-state index contributed by atoms with van der Waals surface area (Å²) in [7, 11) is 0. The number of hydrogen-bond donors (Lipinski definition) is 2. The topological polar surface area (TPSA) is 44.9 Å². The lowest BCUT2D eigenvalue weighted by molar-refractivity contribution is 0.0822. The first-order chi connectivity index (χ1) is 11.2. The van der Waals surface area contributed by atoms with Crippen LogP contribution in [-0.4, -0.2) is 16.9 Å². The molecule has 0 saturated heterocycles. The maximum atomic E-state index is 12.8. The van der Waals surface area contributed by atoms with Crippen LogP contribution >= 0.6 is 23.2 Å². The van der Waals surface area contributed by atoms with E-state index in [1.54, 1.807) is 12.1 Å². The number of amides is 1. The molecule has 2 N–H and O–H groups in total. The molecule has 2 aliphatic rings. The Kier molecular flexibility index (Phi) is 3.50. The molecule has 24 heavy (non-hydrogen) atoms. The van der Waals surface area contributed by atoms with Gasteiger partial charge in [-0.05, 0) is 54.2 Å². The molecule has 0 spiro atoms. The number of carbonyl (C=O) groups is 1. The Hall–Kier alpha value is -1.19. The Morgan fingerprint density at radius 3 is 2.62 bits per heavy atom. The van der Waals surface area contributed by atoms with Crippen molar-refractivity contribution in [3.63, 3.8) is 0 Å². The van der Waals surface area contributed by atoms with Crippen LogP contribution in [0.3, 0.4) is 0 Å². The van der Waals surface area contributed by atoms with Crippen LogP contribution < -0.4 is 5.32 Å². The van der Waals surface area contributed by atoms with E-state index in [1.165, 1.54) is 12.8 Å². The summed E-state index contributed by atoms with van der Waals surface area (Å²) >= 11 is 12.3. The van der Waals surface area contributed by atoms with Crippen LogP contribution in [0.5, 0.6) is 0 Å². The van der Waals surface area contributed by atoms with Crippen molar-refractivity contribution in [3.8, 4) is 0 Å². The minimum Gasteiger partial charge on any atom is -0.350 e. The maximum Gasteiger partial charge on any atom is 0.267 e. The molecule has 1 heterocycles. The summed E-state index contributed by atoms with van der Waals surface area (Å²) in [6, 6.07) is 5.52. The average molecular weight is 365 g/mol. The van der Waals surface area contributed by atoms with Gasteiger partial charge in [0.25, 0.3) is 5.91 Å². The standard InChI is InChI=1S/C19H22Cl2N2O/c1-18(2)10-4-5-19(18,3)16(6-10)23-17(24)15-9-12-13(21)7-11(20)8-14(12)22-15/h7-10,16,22H,4-6H2,1-3H3,(H,23,24)/t10?,16?,19-/m0/s1. The molecule has 1 aromatic heterocycles. The minimum atomic E-state index is -0.0621. The first-order valence-electron chi connectivity index (χ1n) is 8.51. The van der Waals surface area contributed by atoms with Crippen molar-refractivity contribution < 1.29 is 4.79 Å². The van der Waals surface area contributed by atoms with E-state index >= 15 is 0 Å². The number of rotatable bonds is 2. The summed E-state index contributed by atoms with van der Waals surface area (Å²) in [4.78, 5) is 15.9. The predicted molar refractivity (Wildman–Crippen MR) is 98.8 cm³/mol. The minimum absolute atomic E-state index is 0.0621. The zero-order valence-corrected chi connectivity index (χ0v) is 15.7. The Bertz CT molecular complexity index is 841. The van der Waals surface area contributed by atoms with Gasteiger partial charge in [0.2, 0.25) is 0 Å². The van der Waals surface area contributed by atoms with Crippen molar-refractivity contribution in [1.29, 1.82) is 0 Å². The van der Waals surface area contributed by atoms with Crippen molar-refractivity contribution in [2.75, 3.05) is 0 Å². The summed E-state index contributed by atoms with van der Waals surface area (Å²) < 4.78 is 0. The Morgan fingerprint density at radius 1 is 1.25 bits per heavy atom. The smallest absolute Gasteiger partial charge is 0.267 e. The van der Waals surface area contributed by atoms with Crippen molar-refractivity contribution in [2.24, 2.45) is 16.7 Å². The number of carbonyl (C=O) groups excluding carboxylic acids is 1. The third-order valence-electron chi connectivity index (χ3n) is 7.00. The third kappa shape index (κ3) is 2.14. The van der Waals surface area contributed by atoms with Crippen LogP contribution in [0.4, 0.5) is 0 Å². The van der Waals surface area contributed by atoms with Crippen LogP contribution in [0.1, 0.15) is 50.5 Å². The van der Waals surface area contributed by atoms with E-state index in [0.29, 0.717) is 21.7 Å². The first kappa shape index (κ1) is 16.3. The molecule has 3 nitrogen and oxygen atoms in total. The van der Waals surface area contributed by atoms with Crippen molar-refractivity contribution in [2.45, 2.75) is 46.1 Å². The Labute approximate surface area is 152 Å². The second kappa shape index (κ2) is 5.15. The molecule has 4 rings (SSSR count).